The van der Waals surface area contributed by atoms with Gasteiger partial charge in [-0.05, 0) is 38.0 Å². The smallest absolute Gasteiger partial charge is 0.220 e. The number of hydrogen-bond donors (Lipinski definition) is 1. The number of benzene rings is 1. The van der Waals surface area contributed by atoms with E-state index < -0.39 is 0 Å². The number of aromatic nitrogens is 1. The van der Waals surface area contributed by atoms with Crippen molar-refractivity contribution < 1.29 is 9.53 Å². The molecule has 0 radical (unpaired) electrons. The van der Waals surface area contributed by atoms with E-state index >= 15 is 0 Å². The number of carbonyl (C=O) groups is 1. The van der Waals surface area contributed by atoms with Crippen molar-refractivity contribution in [3.05, 3.63) is 45.4 Å². The van der Waals surface area contributed by atoms with E-state index in [9.17, 15) is 4.79 Å². The maximum absolute atomic E-state index is 11.8. The standard InChI is InChI=1S/C17H22N2O2S/c1-12-13(2)22-17(19-12)9-8-16(20)18-11-10-14-4-6-15(21-3)7-5-14/h4-7H,8-11H2,1-3H3,(H,18,20). The maximum Gasteiger partial charge on any atom is 0.220 e. The number of rotatable bonds is 7. The van der Waals surface area contributed by atoms with Gasteiger partial charge >= 0.3 is 0 Å². The Balaban J connectivity index is 1.68. The molecular formula is C17H22N2O2S. The highest BCUT2D eigenvalue weighted by molar-refractivity contribution is 7.11. The van der Waals surface area contributed by atoms with Gasteiger partial charge in [0.25, 0.3) is 0 Å². The molecule has 0 fully saturated rings. The highest BCUT2D eigenvalue weighted by Gasteiger charge is 2.07. The molecule has 2 rings (SSSR count). The SMILES string of the molecule is COc1ccc(CCNC(=O)CCc2nc(C)c(C)s2)cc1. The van der Waals surface area contributed by atoms with Crippen LogP contribution in [0.1, 0.15) is 27.6 Å². The molecule has 0 bridgehead atoms. The molecule has 1 N–H and O–H groups in total. The first kappa shape index (κ1) is 16.5. The number of aryl methyl sites for hydroxylation is 3. The molecule has 2 aromatic rings. The first-order valence-electron chi connectivity index (χ1n) is 7.41. The van der Waals surface area contributed by atoms with Crippen LogP contribution >= 0.6 is 11.3 Å². The van der Waals surface area contributed by atoms with Gasteiger partial charge in [0.2, 0.25) is 5.91 Å². The van der Waals surface area contributed by atoms with Gasteiger partial charge < -0.3 is 10.1 Å². The highest BCUT2D eigenvalue weighted by atomic mass is 32.1. The Morgan fingerprint density at radius 2 is 1.95 bits per heavy atom. The van der Waals surface area contributed by atoms with Crippen LogP contribution in [0.3, 0.4) is 0 Å². The topological polar surface area (TPSA) is 51.2 Å². The Labute approximate surface area is 135 Å². The fraction of sp³-hybridized carbons (Fsp3) is 0.412. The van der Waals surface area contributed by atoms with Gasteiger partial charge in [-0.2, -0.15) is 0 Å². The predicted molar refractivity (Wildman–Crippen MR) is 89.6 cm³/mol. The maximum atomic E-state index is 11.8. The molecule has 22 heavy (non-hydrogen) atoms. The van der Waals surface area contributed by atoms with Crippen molar-refractivity contribution in [1.29, 1.82) is 0 Å². The van der Waals surface area contributed by atoms with Crippen LogP contribution in [0.2, 0.25) is 0 Å². The molecule has 0 saturated heterocycles. The number of nitrogens with one attached hydrogen (secondary N) is 1. The first-order valence-corrected chi connectivity index (χ1v) is 8.22. The van der Waals surface area contributed by atoms with Crippen LogP contribution in [0, 0.1) is 13.8 Å². The molecule has 0 saturated carbocycles. The summed E-state index contributed by atoms with van der Waals surface area (Å²) in [6.45, 7) is 4.72. The zero-order chi connectivity index (χ0) is 15.9. The summed E-state index contributed by atoms with van der Waals surface area (Å²) in [6.07, 6.45) is 2.04. The van der Waals surface area contributed by atoms with Crippen LogP contribution in [0.25, 0.3) is 0 Å². The Morgan fingerprint density at radius 3 is 2.55 bits per heavy atom. The van der Waals surface area contributed by atoms with Gasteiger partial charge in [-0.25, -0.2) is 4.98 Å². The molecule has 5 heteroatoms. The number of nitrogens with zero attached hydrogens (tertiary/aromatic N) is 1. The third kappa shape index (κ3) is 4.84. The average molecular weight is 318 g/mol. The number of thiazole rings is 1. The van der Waals surface area contributed by atoms with Crippen molar-refractivity contribution in [3.8, 4) is 5.75 Å². The number of amides is 1. The van der Waals surface area contributed by atoms with Gasteiger partial charge in [-0.1, -0.05) is 12.1 Å². The summed E-state index contributed by atoms with van der Waals surface area (Å²) in [5.74, 6) is 0.931. The van der Waals surface area contributed by atoms with E-state index in [4.69, 9.17) is 4.74 Å². The lowest BCUT2D eigenvalue weighted by Gasteiger charge is -2.05. The van der Waals surface area contributed by atoms with Crippen LogP contribution in [0.15, 0.2) is 24.3 Å². The lowest BCUT2D eigenvalue weighted by Crippen LogP contribution is -2.25. The predicted octanol–water partition coefficient (Wildman–Crippen LogP) is 3.06. The van der Waals surface area contributed by atoms with E-state index in [1.54, 1.807) is 18.4 Å². The first-order chi connectivity index (χ1) is 10.6. The van der Waals surface area contributed by atoms with Crippen LogP contribution in [-0.2, 0) is 17.6 Å². The molecule has 4 nitrogen and oxygen atoms in total. The van der Waals surface area contributed by atoms with Gasteiger partial charge in [-0.15, -0.1) is 11.3 Å². The molecule has 0 aliphatic heterocycles. The monoisotopic (exact) mass is 318 g/mol. The number of hydrogen-bond acceptors (Lipinski definition) is 4. The third-order valence-electron chi connectivity index (χ3n) is 3.53. The fourth-order valence-electron chi connectivity index (χ4n) is 2.09. The molecule has 1 aromatic heterocycles. The summed E-state index contributed by atoms with van der Waals surface area (Å²) in [6, 6.07) is 7.91. The van der Waals surface area contributed by atoms with E-state index in [0.29, 0.717) is 19.4 Å². The lowest BCUT2D eigenvalue weighted by molar-refractivity contribution is -0.121. The molecule has 1 aromatic carbocycles. The van der Waals surface area contributed by atoms with E-state index in [0.717, 1.165) is 22.9 Å². The molecule has 0 atom stereocenters. The highest BCUT2D eigenvalue weighted by Crippen LogP contribution is 2.17. The number of carbonyl (C=O) groups excluding carboxylic acids is 1. The Bertz CT molecular complexity index is 601. The van der Waals surface area contributed by atoms with Crippen LogP contribution in [0.4, 0.5) is 0 Å². The van der Waals surface area contributed by atoms with Crippen molar-refractivity contribution in [3.63, 3.8) is 0 Å². The van der Waals surface area contributed by atoms with Gasteiger partial charge in [0.1, 0.15) is 5.75 Å². The van der Waals surface area contributed by atoms with Crippen LogP contribution in [0.5, 0.6) is 5.75 Å². The lowest BCUT2D eigenvalue weighted by atomic mass is 10.1. The largest absolute Gasteiger partial charge is 0.497 e. The van der Waals surface area contributed by atoms with Gasteiger partial charge in [0, 0.05) is 24.3 Å². The molecule has 1 heterocycles. The summed E-state index contributed by atoms with van der Waals surface area (Å²) >= 11 is 1.68. The zero-order valence-corrected chi connectivity index (χ0v) is 14.1. The van der Waals surface area contributed by atoms with Crippen molar-refractivity contribution in [1.82, 2.24) is 10.3 Å². The summed E-state index contributed by atoms with van der Waals surface area (Å²) in [5.41, 5.74) is 2.26. The number of ether oxygens (including phenoxy) is 1. The molecule has 0 unspecified atom stereocenters. The minimum Gasteiger partial charge on any atom is -0.497 e. The van der Waals surface area contributed by atoms with Gasteiger partial charge in [0.05, 0.1) is 17.8 Å². The van der Waals surface area contributed by atoms with E-state index in [2.05, 4.69) is 17.2 Å². The van der Waals surface area contributed by atoms with Crippen LogP contribution in [-0.4, -0.2) is 24.5 Å². The summed E-state index contributed by atoms with van der Waals surface area (Å²) in [4.78, 5) is 17.5. The van der Waals surface area contributed by atoms with E-state index in [1.165, 1.54) is 10.4 Å². The molecule has 0 aliphatic rings. The minimum absolute atomic E-state index is 0.0824. The van der Waals surface area contributed by atoms with Crippen LogP contribution < -0.4 is 10.1 Å². The van der Waals surface area contributed by atoms with Crippen molar-refractivity contribution in [2.24, 2.45) is 0 Å². The van der Waals surface area contributed by atoms with Gasteiger partial charge in [-0.3, -0.25) is 4.79 Å². The average Bonchev–Trinajstić information content (AvgIpc) is 2.84. The van der Waals surface area contributed by atoms with Crippen molar-refractivity contribution >= 4 is 17.2 Å². The summed E-state index contributed by atoms with van der Waals surface area (Å²) in [7, 11) is 1.65. The quantitative estimate of drug-likeness (QED) is 0.853. The summed E-state index contributed by atoms with van der Waals surface area (Å²) < 4.78 is 5.12. The Hall–Kier alpha value is -1.88. The second-order valence-electron chi connectivity index (χ2n) is 5.20. The van der Waals surface area contributed by atoms with Crippen molar-refractivity contribution in [2.75, 3.05) is 13.7 Å². The second kappa shape index (κ2) is 7.94. The molecule has 118 valence electrons. The second-order valence-corrected chi connectivity index (χ2v) is 6.48. The molecule has 1 amide bonds. The Morgan fingerprint density at radius 1 is 1.23 bits per heavy atom. The molecule has 0 spiro atoms. The zero-order valence-electron chi connectivity index (χ0n) is 13.3. The normalized spacial score (nSPS) is 10.5. The molecule has 0 aliphatic carbocycles. The fourth-order valence-corrected chi connectivity index (χ4v) is 3.03. The van der Waals surface area contributed by atoms with E-state index in [-0.39, 0.29) is 5.91 Å². The summed E-state index contributed by atoms with van der Waals surface area (Å²) in [5, 5.41) is 4.00. The van der Waals surface area contributed by atoms with Crippen molar-refractivity contribution in [2.45, 2.75) is 33.1 Å². The van der Waals surface area contributed by atoms with Gasteiger partial charge in [0.15, 0.2) is 0 Å². The third-order valence-corrected chi connectivity index (χ3v) is 4.67. The molecular weight excluding hydrogens is 296 g/mol. The van der Waals surface area contributed by atoms with E-state index in [1.807, 2.05) is 31.2 Å². The Kier molecular flexibility index (Phi) is 5.95. The minimum atomic E-state index is 0.0824. The number of methoxy groups -OCH3 is 1.